The molecule has 2 amide bonds. The van der Waals surface area contributed by atoms with E-state index in [0.29, 0.717) is 5.69 Å². The number of anilines is 1. The third-order valence-electron chi connectivity index (χ3n) is 4.26. The summed E-state index contributed by atoms with van der Waals surface area (Å²) in [5.41, 5.74) is 0.784. The van der Waals surface area contributed by atoms with E-state index in [1.807, 2.05) is 48.5 Å². The van der Waals surface area contributed by atoms with Gasteiger partial charge in [-0.05, 0) is 49.9 Å². The predicted octanol–water partition coefficient (Wildman–Crippen LogP) is 5.31. The number of amides is 2. The van der Waals surface area contributed by atoms with E-state index >= 15 is 0 Å². The Labute approximate surface area is 156 Å². The second kappa shape index (κ2) is 5.95. The molecule has 0 N–H and O–H groups in total. The Morgan fingerprint density at radius 1 is 1.08 bits per heavy atom. The third kappa shape index (κ3) is 2.78. The summed E-state index contributed by atoms with van der Waals surface area (Å²) in [4.78, 5) is 28.0. The van der Waals surface area contributed by atoms with Gasteiger partial charge in [-0.25, -0.2) is 9.69 Å². The first kappa shape index (κ1) is 16.8. The average Bonchev–Trinajstić information content (AvgIpc) is 3.10. The zero-order valence-corrected chi connectivity index (χ0v) is 15.7. The summed E-state index contributed by atoms with van der Waals surface area (Å²) in [6.45, 7) is 5.38. The highest BCUT2D eigenvalue weighted by atomic mass is 32.1. The van der Waals surface area contributed by atoms with Crippen molar-refractivity contribution in [1.82, 2.24) is 0 Å². The van der Waals surface area contributed by atoms with Crippen molar-refractivity contribution in [2.45, 2.75) is 32.3 Å². The maximum Gasteiger partial charge on any atom is 0.421 e. The number of para-hydroxylation sites is 1. The molecular formula is C21H19NO3S. The number of benzene rings is 2. The molecule has 4 rings (SSSR count). The van der Waals surface area contributed by atoms with Crippen molar-refractivity contribution in [3.8, 4) is 0 Å². The van der Waals surface area contributed by atoms with Crippen LogP contribution in [0.1, 0.15) is 37.1 Å². The Morgan fingerprint density at radius 3 is 2.50 bits per heavy atom. The van der Waals surface area contributed by atoms with E-state index in [4.69, 9.17) is 4.74 Å². The van der Waals surface area contributed by atoms with Gasteiger partial charge >= 0.3 is 6.09 Å². The molecule has 4 nitrogen and oxygen atoms in total. The van der Waals surface area contributed by atoms with Crippen LogP contribution in [-0.4, -0.2) is 17.6 Å². The predicted molar refractivity (Wildman–Crippen MR) is 104 cm³/mol. The summed E-state index contributed by atoms with van der Waals surface area (Å²) >= 11 is 1.59. The van der Waals surface area contributed by atoms with Crippen LogP contribution >= 0.6 is 11.3 Å². The van der Waals surface area contributed by atoms with Crippen LogP contribution in [0.15, 0.2) is 54.6 Å². The molecule has 1 aliphatic rings. The third-order valence-corrected chi connectivity index (χ3v) is 5.44. The minimum atomic E-state index is -0.665. The zero-order chi connectivity index (χ0) is 18.5. The molecule has 0 radical (unpaired) electrons. The Bertz CT molecular complexity index is 982. The molecule has 1 aliphatic heterocycles. The monoisotopic (exact) mass is 365 g/mol. The Morgan fingerprint density at radius 2 is 1.77 bits per heavy atom. The lowest BCUT2D eigenvalue weighted by atomic mass is 9.99. The Hall–Kier alpha value is -2.66. The molecule has 2 heterocycles. The van der Waals surface area contributed by atoms with Crippen molar-refractivity contribution < 1.29 is 14.3 Å². The summed E-state index contributed by atoms with van der Waals surface area (Å²) in [6.07, 6.45) is -0.626. The van der Waals surface area contributed by atoms with Crippen LogP contribution in [-0.2, 0) is 9.53 Å². The molecule has 5 heteroatoms. The molecule has 132 valence electrons. The van der Waals surface area contributed by atoms with Gasteiger partial charge < -0.3 is 4.74 Å². The molecule has 0 spiro atoms. The Balaban J connectivity index is 1.79. The van der Waals surface area contributed by atoms with Gasteiger partial charge in [0.1, 0.15) is 11.5 Å². The smallest absolute Gasteiger partial charge is 0.421 e. The molecule has 0 aliphatic carbocycles. The molecule has 1 aromatic heterocycles. The van der Waals surface area contributed by atoms with E-state index in [0.717, 1.165) is 20.5 Å². The van der Waals surface area contributed by atoms with Gasteiger partial charge in [0, 0.05) is 9.58 Å². The molecule has 1 atom stereocenters. The molecule has 3 aromatic rings. The first-order chi connectivity index (χ1) is 12.3. The van der Waals surface area contributed by atoms with Gasteiger partial charge in [-0.1, -0.05) is 36.4 Å². The number of carbonyl (C=O) groups excluding carboxylic acids is 2. The number of hydrogen-bond acceptors (Lipinski definition) is 4. The lowest BCUT2D eigenvalue weighted by Crippen LogP contribution is -2.39. The zero-order valence-electron chi connectivity index (χ0n) is 14.9. The molecule has 1 unspecified atom stereocenters. The number of nitrogens with zero attached hydrogens (tertiary/aromatic N) is 1. The van der Waals surface area contributed by atoms with E-state index in [-0.39, 0.29) is 5.91 Å². The molecule has 0 saturated heterocycles. The van der Waals surface area contributed by atoms with Gasteiger partial charge in [-0.3, -0.25) is 4.79 Å². The number of carbonyl (C=O) groups is 2. The number of ether oxygens (including phenoxy) is 1. The summed E-state index contributed by atoms with van der Waals surface area (Å²) in [7, 11) is 0. The number of rotatable bonds is 1. The van der Waals surface area contributed by atoms with Crippen LogP contribution < -0.4 is 4.90 Å². The Kier molecular flexibility index (Phi) is 3.84. The quantitative estimate of drug-likeness (QED) is 0.587. The van der Waals surface area contributed by atoms with Crippen molar-refractivity contribution in [3.63, 3.8) is 0 Å². The summed E-state index contributed by atoms with van der Waals surface area (Å²) in [5.74, 6) is -0.733. The van der Waals surface area contributed by atoms with Crippen molar-refractivity contribution in [3.05, 3.63) is 65.0 Å². The van der Waals surface area contributed by atoms with Gasteiger partial charge in [0.2, 0.25) is 5.91 Å². The second-order valence-corrected chi connectivity index (χ2v) is 8.45. The highest BCUT2D eigenvalue weighted by molar-refractivity contribution is 7.19. The van der Waals surface area contributed by atoms with Crippen molar-refractivity contribution in [2.75, 3.05) is 4.90 Å². The first-order valence-corrected chi connectivity index (χ1v) is 9.31. The van der Waals surface area contributed by atoms with Gasteiger partial charge in [0.15, 0.2) is 0 Å². The molecule has 0 fully saturated rings. The van der Waals surface area contributed by atoms with E-state index in [1.54, 1.807) is 38.2 Å². The van der Waals surface area contributed by atoms with Crippen LogP contribution in [0.3, 0.4) is 0 Å². The topological polar surface area (TPSA) is 46.6 Å². The number of hydrogen-bond donors (Lipinski definition) is 0. The fourth-order valence-corrected chi connectivity index (χ4v) is 4.41. The SMILES string of the molecule is CC(C)(C)OC(=O)N1C(=O)C(c2cc3ccccc3s2)c2ccccc21. The molecule has 0 saturated carbocycles. The van der Waals surface area contributed by atoms with Crippen LogP contribution in [0.4, 0.5) is 10.5 Å². The highest BCUT2D eigenvalue weighted by Crippen LogP contribution is 2.44. The standard InChI is InChI=1S/C21H19NO3S/c1-21(2,3)25-20(24)22-15-10-6-5-9-14(15)18(19(22)23)17-12-13-8-4-7-11-16(13)26-17/h4-12,18H,1-3H3. The van der Waals surface area contributed by atoms with Crippen molar-refractivity contribution in [2.24, 2.45) is 0 Å². The normalized spacial score (nSPS) is 16.8. The molecule has 2 aromatic carbocycles. The molecule has 26 heavy (non-hydrogen) atoms. The van der Waals surface area contributed by atoms with Gasteiger partial charge in [0.25, 0.3) is 0 Å². The summed E-state index contributed by atoms with van der Waals surface area (Å²) in [6, 6.07) is 17.5. The average molecular weight is 365 g/mol. The maximum atomic E-state index is 13.2. The van der Waals surface area contributed by atoms with Crippen molar-refractivity contribution >= 4 is 39.1 Å². The summed E-state index contributed by atoms with van der Waals surface area (Å²) < 4.78 is 6.59. The van der Waals surface area contributed by atoms with Crippen LogP contribution in [0, 0.1) is 0 Å². The van der Waals surface area contributed by atoms with E-state index in [9.17, 15) is 9.59 Å². The van der Waals surface area contributed by atoms with E-state index in [2.05, 4.69) is 0 Å². The van der Waals surface area contributed by atoms with Gasteiger partial charge in [0.05, 0.1) is 5.69 Å². The molecule has 0 bridgehead atoms. The fourth-order valence-electron chi connectivity index (χ4n) is 3.23. The maximum absolute atomic E-state index is 13.2. The van der Waals surface area contributed by atoms with E-state index < -0.39 is 17.6 Å². The minimum absolute atomic E-state index is 0.257. The second-order valence-electron chi connectivity index (χ2n) is 7.33. The fraction of sp³-hybridized carbons (Fsp3) is 0.238. The highest BCUT2D eigenvalue weighted by Gasteiger charge is 2.43. The van der Waals surface area contributed by atoms with Crippen LogP contribution in [0.25, 0.3) is 10.1 Å². The lowest BCUT2D eigenvalue weighted by molar-refractivity contribution is -0.118. The minimum Gasteiger partial charge on any atom is -0.443 e. The summed E-state index contributed by atoms with van der Waals surface area (Å²) in [5, 5.41) is 1.11. The first-order valence-electron chi connectivity index (χ1n) is 8.49. The molecular weight excluding hydrogens is 346 g/mol. The van der Waals surface area contributed by atoms with Gasteiger partial charge in [-0.2, -0.15) is 0 Å². The largest absolute Gasteiger partial charge is 0.443 e. The van der Waals surface area contributed by atoms with Crippen molar-refractivity contribution in [1.29, 1.82) is 0 Å². The number of thiophene rings is 1. The number of imide groups is 1. The van der Waals surface area contributed by atoms with Gasteiger partial charge in [-0.15, -0.1) is 11.3 Å². The van der Waals surface area contributed by atoms with Crippen LogP contribution in [0.5, 0.6) is 0 Å². The number of fused-ring (bicyclic) bond motifs is 2. The lowest BCUT2D eigenvalue weighted by Gasteiger charge is -2.24. The van der Waals surface area contributed by atoms with E-state index in [1.165, 1.54) is 4.90 Å². The van der Waals surface area contributed by atoms with Crippen LogP contribution in [0.2, 0.25) is 0 Å².